The van der Waals surface area contributed by atoms with Crippen LogP contribution in [0.25, 0.3) is 0 Å². The first-order valence-electron chi connectivity index (χ1n) is 6.74. The smallest absolute Gasteiger partial charge is 0.234 e. The predicted octanol–water partition coefficient (Wildman–Crippen LogP) is 1.82. The number of carbonyl (C=O) groups is 1. The van der Waals surface area contributed by atoms with E-state index in [1.54, 1.807) is 0 Å². The third-order valence-electron chi connectivity index (χ3n) is 4.14. The first kappa shape index (κ1) is 11.9. The highest BCUT2D eigenvalue weighted by Gasteiger charge is 2.31. The summed E-state index contributed by atoms with van der Waals surface area (Å²) in [6.07, 6.45) is 8.98. The first-order valence-corrected chi connectivity index (χ1v) is 6.74. The molecule has 2 saturated carbocycles. The summed E-state index contributed by atoms with van der Waals surface area (Å²) in [6, 6.07) is 0.487. The van der Waals surface area contributed by atoms with E-state index in [0.717, 1.165) is 6.54 Å². The SMILES string of the molecule is CCC1(CNCC(=O)NC2CC2)CCCC1. The normalized spacial score (nSPS) is 23.3. The lowest BCUT2D eigenvalue weighted by Crippen LogP contribution is -2.39. The van der Waals surface area contributed by atoms with Crippen LogP contribution in [-0.2, 0) is 4.79 Å². The Balaban J connectivity index is 1.63. The summed E-state index contributed by atoms with van der Waals surface area (Å²) in [4.78, 5) is 11.5. The molecule has 0 spiro atoms. The molecule has 0 aromatic rings. The van der Waals surface area contributed by atoms with Crippen LogP contribution in [-0.4, -0.2) is 25.0 Å². The van der Waals surface area contributed by atoms with Crippen molar-refractivity contribution in [2.24, 2.45) is 5.41 Å². The van der Waals surface area contributed by atoms with Gasteiger partial charge in [0, 0.05) is 12.6 Å². The van der Waals surface area contributed by atoms with Crippen LogP contribution in [0, 0.1) is 5.41 Å². The first-order chi connectivity index (χ1) is 7.74. The Morgan fingerprint density at radius 1 is 1.31 bits per heavy atom. The van der Waals surface area contributed by atoms with Gasteiger partial charge in [0.05, 0.1) is 6.54 Å². The molecule has 2 fully saturated rings. The van der Waals surface area contributed by atoms with Gasteiger partial charge in [0.15, 0.2) is 0 Å². The zero-order valence-corrected chi connectivity index (χ0v) is 10.3. The van der Waals surface area contributed by atoms with Gasteiger partial charge in [-0.3, -0.25) is 4.79 Å². The highest BCUT2D eigenvalue weighted by Crippen LogP contribution is 2.40. The van der Waals surface area contributed by atoms with E-state index in [4.69, 9.17) is 0 Å². The van der Waals surface area contributed by atoms with E-state index in [2.05, 4.69) is 17.6 Å². The Morgan fingerprint density at radius 3 is 2.56 bits per heavy atom. The summed E-state index contributed by atoms with van der Waals surface area (Å²) in [5.74, 6) is 0.173. The molecule has 92 valence electrons. The van der Waals surface area contributed by atoms with E-state index < -0.39 is 0 Å². The second-order valence-corrected chi connectivity index (χ2v) is 5.51. The van der Waals surface area contributed by atoms with Crippen LogP contribution in [0.5, 0.6) is 0 Å². The molecule has 16 heavy (non-hydrogen) atoms. The van der Waals surface area contributed by atoms with Gasteiger partial charge in [-0.25, -0.2) is 0 Å². The molecule has 0 bridgehead atoms. The molecule has 0 radical (unpaired) electrons. The molecule has 3 heteroatoms. The van der Waals surface area contributed by atoms with E-state index in [9.17, 15) is 4.79 Å². The number of hydrogen-bond donors (Lipinski definition) is 2. The van der Waals surface area contributed by atoms with Crippen LogP contribution in [0.1, 0.15) is 51.9 Å². The molecule has 0 unspecified atom stereocenters. The van der Waals surface area contributed by atoms with Crippen molar-refractivity contribution in [1.29, 1.82) is 0 Å². The average molecular weight is 224 g/mol. The van der Waals surface area contributed by atoms with E-state index in [-0.39, 0.29) is 5.91 Å². The molecule has 0 aromatic heterocycles. The number of nitrogens with one attached hydrogen (secondary N) is 2. The fraction of sp³-hybridized carbons (Fsp3) is 0.923. The second-order valence-electron chi connectivity index (χ2n) is 5.51. The van der Waals surface area contributed by atoms with Gasteiger partial charge in [-0.2, -0.15) is 0 Å². The Kier molecular flexibility index (Phi) is 3.85. The summed E-state index contributed by atoms with van der Waals surface area (Å²) in [6.45, 7) is 3.79. The number of rotatable bonds is 6. The molecular weight excluding hydrogens is 200 g/mol. The van der Waals surface area contributed by atoms with Crippen molar-refractivity contribution in [3.8, 4) is 0 Å². The molecule has 0 atom stereocenters. The lowest BCUT2D eigenvalue weighted by Gasteiger charge is -2.27. The van der Waals surface area contributed by atoms with Crippen LogP contribution in [0.2, 0.25) is 0 Å². The maximum atomic E-state index is 11.5. The van der Waals surface area contributed by atoms with Gasteiger partial charge in [-0.05, 0) is 37.5 Å². The highest BCUT2D eigenvalue weighted by atomic mass is 16.2. The number of carbonyl (C=O) groups excluding carboxylic acids is 1. The molecule has 3 nitrogen and oxygen atoms in total. The van der Waals surface area contributed by atoms with Crippen LogP contribution in [0.4, 0.5) is 0 Å². The van der Waals surface area contributed by atoms with Crippen molar-refractivity contribution in [2.75, 3.05) is 13.1 Å². The highest BCUT2D eigenvalue weighted by molar-refractivity contribution is 5.78. The third kappa shape index (κ3) is 3.21. The summed E-state index contributed by atoms with van der Waals surface area (Å²) in [5, 5.41) is 6.35. The summed E-state index contributed by atoms with van der Waals surface area (Å²) < 4.78 is 0. The van der Waals surface area contributed by atoms with Gasteiger partial charge in [0.25, 0.3) is 0 Å². The van der Waals surface area contributed by atoms with Crippen molar-refractivity contribution in [3.05, 3.63) is 0 Å². The van der Waals surface area contributed by atoms with Gasteiger partial charge in [0.1, 0.15) is 0 Å². The number of hydrogen-bond acceptors (Lipinski definition) is 2. The van der Waals surface area contributed by atoms with Crippen molar-refractivity contribution >= 4 is 5.91 Å². The van der Waals surface area contributed by atoms with Gasteiger partial charge in [-0.1, -0.05) is 19.8 Å². The fourth-order valence-corrected chi connectivity index (χ4v) is 2.73. The van der Waals surface area contributed by atoms with Crippen molar-refractivity contribution in [1.82, 2.24) is 10.6 Å². The summed E-state index contributed by atoms with van der Waals surface area (Å²) >= 11 is 0. The lowest BCUT2D eigenvalue weighted by molar-refractivity contribution is -0.120. The lowest BCUT2D eigenvalue weighted by atomic mass is 9.83. The Bertz CT molecular complexity index is 242. The van der Waals surface area contributed by atoms with E-state index in [1.807, 2.05) is 0 Å². The van der Waals surface area contributed by atoms with E-state index in [0.29, 0.717) is 18.0 Å². The molecule has 2 aliphatic rings. The maximum Gasteiger partial charge on any atom is 0.234 e. The number of amides is 1. The quantitative estimate of drug-likeness (QED) is 0.722. The van der Waals surface area contributed by atoms with Crippen LogP contribution < -0.4 is 10.6 Å². The van der Waals surface area contributed by atoms with Gasteiger partial charge in [0.2, 0.25) is 5.91 Å². The maximum absolute atomic E-state index is 11.5. The largest absolute Gasteiger partial charge is 0.352 e. The topological polar surface area (TPSA) is 41.1 Å². The van der Waals surface area contributed by atoms with E-state index >= 15 is 0 Å². The molecule has 0 aliphatic heterocycles. The third-order valence-corrected chi connectivity index (χ3v) is 4.14. The minimum atomic E-state index is 0.173. The van der Waals surface area contributed by atoms with Crippen LogP contribution >= 0.6 is 0 Å². The zero-order valence-electron chi connectivity index (χ0n) is 10.3. The zero-order chi connectivity index (χ0) is 11.4. The monoisotopic (exact) mass is 224 g/mol. The molecule has 2 N–H and O–H groups in total. The Hall–Kier alpha value is -0.570. The fourth-order valence-electron chi connectivity index (χ4n) is 2.73. The minimum Gasteiger partial charge on any atom is -0.352 e. The van der Waals surface area contributed by atoms with Crippen LogP contribution in [0.3, 0.4) is 0 Å². The van der Waals surface area contributed by atoms with Crippen molar-refractivity contribution in [3.63, 3.8) is 0 Å². The Morgan fingerprint density at radius 2 is 2.00 bits per heavy atom. The molecule has 2 rings (SSSR count). The van der Waals surface area contributed by atoms with Crippen molar-refractivity contribution in [2.45, 2.75) is 57.9 Å². The molecule has 0 saturated heterocycles. The second kappa shape index (κ2) is 5.17. The molecule has 0 aromatic carbocycles. The molecular formula is C13H24N2O. The summed E-state index contributed by atoms with van der Waals surface area (Å²) in [7, 11) is 0. The van der Waals surface area contributed by atoms with Gasteiger partial charge < -0.3 is 10.6 Å². The predicted molar refractivity (Wildman–Crippen MR) is 65.2 cm³/mol. The summed E-state index contributed by atoms with van der Waals surface area (Å²) in [5.41, 5.74) is 0.486. The van der Waals surface area contributed by atoms with Gasteiger partial charge in [-0.15, -0.1) is 0 Å². The van der Waals surface area contributed by atoms with Crippen LogP contribution in [0.15, 0.2) is 0 Å². The van der Waals surface area contributed by atoms with Crippen molar-refractivity contribution < 1.29 is 4.79 Å². The minimum absolute atomic E-state index is 0.173. The molecule has 2 aliphatic carbocycles. The van der Waals surface area contributed by atoms with Gasteiger partial charge >= 0.3 is 0 Å². The van der Waals surface area contributed by atoms with E-state index in [1.165, 1.54) is 44.9 Å². The average Bonchev–Trinajstić information content (AvgIpc) is 2.96. The standard InChI is InChI=1S/C13H24N2O/c1-2-13(7-3-4-8-13)10-14-9-12(16)15-11-5-6-11/h11,14H,2-10H2,1H3,(H,15,16). The molecule has 1 amide bonds. The Labute approximate surface area is 98.4 Å². The molecule has 0 heterocycles.